The van der Waals surface area contributed by atoms with Crippen molar-refractivity contribution in [1.29, 1.82) is 0 Å². The van der Waals surface area contributed by atoms with Crippen LogP contribution in [0, 0.1) is 5.92 Å². The predicted octanol–water partition coefficient (Wildman–Crippen LogP) is 2.21. The minimum atomic E-state index is -0.566. The zero-order valence-electron chi connectivity index (χ0n) is 10.2. The molecule has 0 bridgehead atoms. The summed E-state index contributed by atoms with van der Waals surface area (Å²) in [4.78, 5) is 11.2. The van der Waals surface area contributed by atoms with Crippen LogP contribution in [0.1, 0.15) is 33.6 Å². The maximum Gasteiger partial charge on any atom is 0.330 e. The van der Waals surface area contributed by atoms with Crippen molar-refractivity contribution in [1.82, 2.24) is 0 Å². The smallest absolute Gasteiger partial charge is 0.330 e. The third-order valence-electron chi connectivity index (χ3n) is 3.27. The van der Waals surface area contributed by atoms with E-state index in [0.29, 0.717) is 6.42 Å². The van der Waals surface area contributed by atoms with Crippen molar-refractivity contribution < 1.29 is 14.6 Å². The molecular weight excluding hydrogens is 204 g/mol. The molecule has 1 rings (SSSR count). The number of esters is 1. The molecule has 0 aromatic heterocycles. The van der Waals surface area contributed by atoms with Gasteiger partial charge in [-0.3, -0.25) is 0 Å². The Morgan fingerprint density at radius 3 is 2.81 bits per heavy atom. The lowest BCUT2D eigenvalue weighted by atomic mass is 9.78. The van der Waals surface area contributed by atoms with E-state index in [1.807, 2.05) is 26.8 Å². The van der Waals surface area contributed by atoms with Crippen molar-refractivity contribution >= 4 is 5.97 Å². The summed E-state index contributed by atoms with van der Waals surface area (Å²) >= 11 is 0. The van der Waals surface area contributed by atoms with Crippen molar-refractivity contribution in [3.63, 3.8) is 0 Å². The van der Waals surface area contributed by atoms with Crippen molar-refractivity contribution in [2.75, 3.05) is 0 Å². The fourth-order valence-corrected chi connectivity index (χ4v) is 1.97. The van der Waals surface area contributed by atoms with Gasteiger partial charge >= 0.3 is 5.97 Å². The second-order valence-corrected chi connectivity index (χ2v) is 4.86. The molecule has 0 aliphatic heterocycles. The van der Waals surface area contributed by atoms with Gasteiger partial charge < -0.3 is 9.84 Å². The summed E-state index contributed by atoms with van der Waals surface area (Å²) in [5.74, 6) is -0.263. The molecule has 16 heavy (non-hydrogen) atoms. The molecule has 0 heterocycles. The molecule has 3 heteroatoms. The fraction of sp³-hybridized carbons (Fsp3) is 0.615. The molecule has 90 valence electrons. The number of rotatable bonds is 3. The third kappa shape index (κ3) is 2.95. The van der Waals surface area contributed by atoms with Crippen LogP contribution in [-0.4, -0.2) is 22.8 Å². The zero-order chi connectivity index (χ0) is 12.3. The maximum atomic E-state index is 11.2. The fourth-order valence-electron chi connectivity index (χ4n) is 1.97. The van der Waals surface area contributed by atoms with Gasteiger partial charge in [-0.25, -0.2) is 4.79 Å². The quantitative estimate of drug-likeness (QED) is 0.454. The van der Waals surface area contributed by atoms with Gasteiger partial charge in [-0.2, -0.15) is 0 Å². The molecule has 1 aliphatic carbocycles. The molecule has 1 N–H and O–H groups in total. The van der Waals surface area contributed by atoms with E-state index in [2.05, 4.69) is 6.58 Å². The Morgan fingerprint density at radius 2 is 2.31 bits per heavy atom. The maximum absolute atomic E-state index is 11.2. The Labute approximate surface area is 96.8 Å². The Bertz CT molecular complexity index is 315. The largest absolute Gasteiger partial charge is 0.456 e. The standard InChI is InChI=1S/C13H20O3/c1-5-12(15)16-13(3,4)10-7-6-9(2)11(14)8-10/h5-6,10-11,14H,1,7-8H2,2-4H3/t10-,11+/m1/s1. The summed E-state index contributed by atoms with van der Waals surface area (Å²) in [6.45, 7) is 9.05. The minimum absolute atomic E-state index is 0.148. The van der Waals surface area contributed by atoms with Crippen molar-refractivity contribution in [3.05, 3.63) is 24.3 Å². The number of ether oxygens (including phenoxy) is 1. The Balaban J connectivity index is 2.70. The van der Waals surface area contributed by atoms with E-state index in [4.69, 9.17) is 4.74 Å². The molecule has 1 aliphatic rings. The van der Waals surface area contributed by atoms with E-state index >= 15 is 0 Å². The molecule has 2 atom stereocenters. The number of carbonyl (C=O) groups excluding carboxylic acids is 1. The van der Waals surface area contributed by atoms with Gasteiger partial charge in [0.25, 0.3) is 0 Å². The van der Waals surface area contributed by atoms with E-state index in [0.717, 1.165) is 12.0 Å². The molecule has 0 saturated carbocycles. The summed E-state index contributed by atoms with van der Waals surface area (Å²) < 4.78 is 5.31. The first-order chi connectivity index (χ1) is 7.36. The molecule has 0 aromatic carbocycles. The average Bonchev–Trinajstić information content (AvgIpc) is 2.21. The highest BCUT2D eigenvalue weighted by atomic mass is 16.6. The number of carbonyl (C=O) groups is 1. The van der Waals surface area contributed by atoms with Crippen LogP contribution >= 0.6 is 0 Å². The van der Waals surface area contributed by atoms with Gasteiger partial charge in [0, 0.05) is 12.0 Å². The van der Waals surface area contributed by atoms with Gasteiger partial charge in [0.05, 0.1) is 6.10 Å². The molecule has 0 aromatic rings. The lowest BCUT2D eigenvalue weighted by Gasteiger charge is -2.37. The molecule has 0 unspecified atom stereocenters. The first-order valence-electron chi connectivity index (χ1n) is 5.57. The van der Waals surface area contributed by atoms with Crippen LogP contribution in [0.4, 0.5) is 0 Å². The Kier molecular flexibility index (Phi) is 3.92. The summed E-state index contributed by atoms with van der Waals surface area (Å²) in [6, 6.07) is 0. The van der Waals surface area contributed by atoms with E-state index in [1.165, 1.54) is 6.08 Å². The predicted molar refractivity (Wildman–Crippen MR) is 62.9 cm³/mol. The second-order valence-electron chi connectivity index (χ2n) is 4.86. The summed E-state index contributed by atoms with van der Waals surface area (Å²) in [6.07, 6.45) is 4.24. The average molecular weight is 224 g/mol. The Hall–Kier alpha value is -1.09. The highest BCUT2D eigenvalue weighted by molar-refractivity contribution is 5.81. The highest BCUT2D eigenvalue weighted by Gasteiger charge is 2.35. The van der Waals surface area contributed by atoms with Gasteiger partial charge in [-0.1, -0.05) is 12.7 Å². The van der Waals surface area contributed by atoms with Crippen LogP contribution in [-0.2, 0) is 9.53 Å². The van der Waals surface area contributed by atoms with E-state index in [9.17, 15) is 9.90 Å². The normalized spacial score (nSPS) is 25.9. The first-order valence-corrected chi connectivity index (χ1v) is 5.57. The molecule has 0 amide bonds. The summed E-state index contributed by atoms with van der Waals surface area (Å²) in [7, 11) is 0. The number of hydrogen-bond acceptors (Lipinski definition) is 3. The number of allylic oxidation sites excluding steroid dienone is 1. The zero-order valence-corrected chi connectivity index (χ0v) is 10.2. The molecule has 3 nitrogen and oxygen atoms in total. The van der Waals surface area contributed by atoms with Gasteiger partial charge in [-0.15, -0.1) is 0 Å². The topological polar surface area (TPSA) is 46.5 Å². The lowest BCUT2D eigenvalue weighted by Crippen LogP contribution is -2.39. The van der Waals surface area contributed by atoms with Gasteiger partial charge in [0.2, 0.25) is 0 Å². The molecule has 0 fully saturated rings. The van der Waals surface area contributed by atoms with Crippen LogP contribution in [0.25, 0.3) is 0 Å². The van der Waals surface area contributed by atoms with E-state index < -0.39 is 17.7 Å². The summed E-state index contributed by atoms with van der Waals surface area (Å²) in [5, 5.41) is 9.77. The number of aliphatic hydroxyl groups is 1. The Morgan fingerprint density at radius 1 is 1.69 bits per heavy atom. The monoisotopic (exact) mass is 224 g/mol. The van der Waals surface area contributed by atoms with Crippen LogP contribution in [0.2, 0.25) is 0 Å². The van der Waals surface area contributed by atoms with Crippen LogP contribution < -0.4 is 0 Å². The van der Waals surface area contributed by atoms with Crippen molar-refractivity contribution in [2.24, 2.45) is 5.92 Å². The van der Waals surface area contributed by atoms with Crippen molar-refractivity contribution in [2.45, 2.75) is 45.3 Å². The molecular formula is C13H20O3. The van der Waals surface area contributed by atoms with E-state index in [1.54, 1.807) is 0 Å². The van der Waals surface area contributed by atoms with Crippen molar-refractivity contribution in [3.8, 4) is 0 Å². The third-order valence-corrected chi connectivity index (χ3v) is 3.27. The van der Waals surface area contributed by atoms with Gasteiger partial charge in [-0.05, 0) is 39.2 Å². The number of hydrogen-bond donors (Lipinski definition) is 1. The van der Waals surface area contributed by atoms with Crippen LogP contribution in [0.5, 0.6) is 0 Å². The minimum Gasteiger partial charge on any atom is -0.456 e. The summed E-state index contributed by atoms with van der Waals surface area (Å²) in [5.41, 5.74) is 0.436. The van der Waals surface area contributed by atoms with E-state index in [-0.39, 0.29) is 5.92 Å². The van der Waals surface area contributed by atoms with Crippen LogP contribution in [0.15, 0.2) is 24.3 Å². The first kappa shape index (κ1) is 13.0. The molecule has 0 saturated heterocycles. The number of aliphatic hydroxyl groups excluding tert-OH is 1. The molecule has 0 radical (unpaired) electrons. The van der Waals surface area contributed by atoms with Gasteiger partial charge in [0.15, 0.2) is 0 Å². The lowest BCUT2D eigenvalue weighted by molar-refractivity contribution is -0.156. The van der Waals surface area contributed by atoms with Crippen LogP contribution in [0.3, 0.4) is 0 Å². The highest BCUT2D eigenvalue weighted by Crippen LogP contribution is 2.34. The SMILES string of the molecule is C=CC(=O)OC(C)(C)[C@@H]1CC=C(C)[C@@H](O)C1. The van der Waals surface area contributed by atoms with Gasteiger partial charge in [0.1, 0.15) is 5.60 Å². The molecule has 0 spiro atoms. The second kappa shape index (κ2) is 4.83.